The Morgan fingerprint density at radius 1 is 0.919 bits per heavy atom. The molecule has 1 saturated carbocycles. The highest BCUT2D eigenvalue weighted by molar-refractivity contribution is 8.00. The van der Waals surface area contributed by atoms with Gasteiger partial charge in [0.25, 0.3) is 0 Å². The number of aryl methyl sites for hydroxylation is 1. The maximum atomic E-state index is 14.4. The van der Waals surface area contributed by atoms with E-state index in [2.05, 4.69) is 0 Å². The highest BCUT2D eigenvalue weighted by Crippen LogP contribution is 2.46. The number of carbonyl (C=O) groups excluding carboxylic acids is 2. The van der Waals surface area contributed by atoms with Crippen molar-refractivity contribution < 1.29 is 19.1 Å². The molecule has 4 rings (SSSR count). The van der Waals surface area contributed by atoms with Gasteiger partial charge in [0, 0.05) is 10.8 Å². The Labute approximate surface area is 228 Å². The van der Waals surface area contributed by atoms with Crippen molar-refractivity contribution in [1.29, 1.82) is 0 Å². The Bertz CT molecular complexity index is 1230. The summed E-state index contributed by atoms with van der Waals surface area (Å²) in [6.07, 6.45) is 4.57. The van der Waals surface area contributed by atoms with Crippen LogP contribution in [0, 0.1) is 6.92 Å². The van der Waals surface area contributed by atoms with Crippen LogP contribution in [0.1, 0.15) is 54.7 Å². The third-order valence-electron chi connectivity index (χ3n) is 7.25. The van der Waals surface area contributed by atoms with Gasteiger partial charge in [0.05, 0.1) is 19.0 Å². The SMILES string of the molecule is COC(=O)C(C(=O)C1(SCc2ccc(OC)cc2)CCCCC1)c1cc(-c2ccc(Cl)cc2)ccc1C. The van der Waals surface area contributed by atoms with E-state index in [0.29, 0.717) is 16.3 Å². The van der Waals surface area contributed by atoms with Crippen LogP contribution >= 0.6 is 23.4 Å². The van der Waals surface area contributed by atoms with Gasteiger partial charge in [0.15, 0.2) is 5.78 Å². The molecule has 0 bridgehead atoms. The van der Waals surface area contributed by atoms with E-state index in [0.717, 1.165) is 60.1 Å². The molecule has 0 aromatic heterocycles. The molecule has 6 heteroatoms. The molecule has 3 aromatic rings. The molecule has 0 N–H and O–H groups in total. The summed E-state index contributed by atoms with van der Waals surface area (Å²) < 4.78 is 9.87. The van der Waals surface area contributed by atoms with Crippen molar-refractivity contribution in [3.8, 4) is 16.9 Å². The Morgan fingerprint density at radius 3 is 2.19 bits per heavy atom. The van der Waals surface area contributed by atoms with Gasteiger partial charge >= 0.3 is 5.97 Å². The molecular weight excluding hydrogens is 504 g/mol. The summed E-state index contributed by atoms with van der Waals surface area (Å²) in [7, 11) is 3.01. The first kappa shape index (κ1) is 27.3. The van der Waals surface area contributed by atoms with Crippen LogP contribution in [-0.4, -0.2) is 30.7 Å². The molecule has 1 atom stereocenters. The minimum absolute atomic E-state index is 0.0473. The second-order valence-electron chi connectivity index (χ2n) is 9.59. The number of ketones is 1. The Morgan fingerprint density at radius 2 is 1.57 bits per heavy atom. The predicted molar refractivity (Wildman–Crippen MR) is 151 cm³/mol. The number of esters is 1. The minimum atomic E-state index is -0.973. The van der Waals surface area contributed by atoms with E-state index < -0.39 is 16.6 Å². The molecule has 1 unspecified atom stereocenters. The molecule has 0 radical (unpaired) electrons. The average molecular weight is 537 g/mol. The number of hydrogen-bond donors (Lipinski definition) is 0. The number of methoxy groups -OCH3 is 2. The normalized spacial score (nSPS) is 15.6. The smallest absolute Gasteiger partial charge is 0.320 e. The maximum Gasteiger partial charge on any atom is 0.320 e. The summed E-state index contributed by atoms with van der Waals surface area (Å²) in [5.74, 6) is -0.0315. The predicted octanol–water partition coefficient (Wildman–Crippen LogP) is 7.79. The van der Waals surface area contributed by atoms with E-state index >= 15 is 0 Å². The van der Waals surface area contributed by atoms with Crippen LogP contribution in [0.25, 0.3) is 11.1 Å². The maximum absolute atomic E-state index is 14.4. The second kappa shape index (κ2) is 12.2. The molecule has 0 aliphatic heterocycles. The third kappa shape index (κ3) is 6.22. The monoisotopic (exact) mass is 536 g/mol. The first-order valence-corrected chi connectivity index (χ1v) is 14.0. The van der Waals surface area contributed by atoms with E-state index in [1.165, 1.54) is 7.11 Å². The van der Waals surface area contributed by atoms with Crippen LogP contribution in [-0.2, 0) is 20.1 Å². The van der Waals surface area contributed by atoms with E-state index in [1.54, 1.807) is 18.9 Å². The molecule has 4 nitrogen and oxygen atoms in total. The van der Waals surface area contributed by atoms with Crippen molar-refractivity contribution in [2.24, 2.45) is 0 Å². The van der Waals surface area contributed by atoms with Gasteiger partial charge in [-0.3, -0.25) is 9.59 Å². The fourth-order valence-electron chi connectivity index (χ4n) is 5.06. The van der Waals surface area contributed by atoms with Crippen molar-refractivity contribution in [1.82, 2.24) is 0 Å². The molecule has 37 heavy (non-hydrogen) atoms. The lowest BCUT2D eigenvalue weighted by atomic mass is 9.77. The van der Waals surface area contributed by atoms with Crippen molar-refractivity contribution in [2.45, 2.75) is 55.4 Å². The first-order chi connectivity index (χ1) is 17.9. The summed E-state index contributed by atoms with van der Waals surface area (Å²) in [6, 6.07) is 21.5. The van der Waals surface area contributed by atoms with Gasteiger partial charge in [0.2, 0.25) is 0 Å². The zero-order chi connectivity index (χ0) is 26.4. The number of rotatable bonds is 9. The summed E-state index contributed by atoms with van der Waals surface area (Å²) >= 11 is 7.75. The second-order valence-corrected chi connectivity index (χ2v) is 11.4. The van der Waals surface area contributed by atoms with Crippen LogP contribution < -0.4 is 4.74 Å². The molecule has 0 heterocycles. The zero-order valence-corrected chi connectivity index (χ0v) is 23.2. The largest absolute Gasteiger partial charge is 0.497 e. The molecule has 1 aliphatic carbocycles. The average Bonchev–Trinajstić information content (AvgIpc) is 2.94. The lowest BCUT2D eigenvalue weighted by Gasteiger charge is -2.37. The van der Waals surface area contributed by atoms with Gasteiger partial charge in [-0.15, -0.1) is 11.8 Å². The van der Waals surface area contributed by atoms with Crippen molar-refractivity contribution in [3.05, 3.63) is 88.4 Å². The van der Waals surface area contributed by atoms with Gasteiger partial charge in [-0.2, -0.15) is 0 Å². The van der Waals surface area contributed by atoms with Crippen molar-refractivity contribution >= 4 is 35.1 Å². The van der Waals surface area contributed by atoms with E-state index in [-0.39, 0.29) is 5.78 Å². The number of ether oxygens (including phenoxy) is 2. The van der Waals surface area contributed by atoms with Crippen LogP contribution in [0.3, 0.4) is 0 Å². The van der Waals surface area contributed by atoms with E-state index in [9.17, 15) is 9.59 Å². The molecule has 0 saturated heterocycles. The zero-order valence-electron chi connectivity index (χ0n) is 21.6. The highest BCUT2D eigenvalue weighted by atomic mass is 35.5. The van der Waals surface area contributed by atoms with Crippen LogP contribution in [0.4, 0.5) is 0 Å². The lowest BCUT2D eigenvalue weighted by molar-refractivity contribution is -0.146. The first-order valence-electron chi connectivity index (χ1n) is 12.6. The molecule has 0 spiro atoms. The van der Waals surface area contributed by atoms with Gasteiger partial charge in [0.1, 0.15) is 11.7 Å². The van der Waals surface area contributed by atoms with Gasteiger partial charge in [-0.1, -0.05) is 67.3 Å². The highest BCUT2D eigenvalue weighted by Gasteiger charge is 2.46. The minimum Gasteiger partial charge on any atom is -0.497 e. The summed E-state index contributed by atoms with van der Waals surface area (Å²) in [6.45, 7) is 1.95. The molecule has 1 fully saturated rings. The quantitative estimate of drug-likeness (QED) is 0.206. The lowest BCUT2D eigenvalue weighted by Crippen LogP contribution is -2.43. The Balaban J connectivity index is 1.69. The van der Waals surface area contributed by atoms with Gasteiger partial charge in [-0.05, 0) is 77.9 Å². The van der Waals surface area contributed by atoms with Crippen molar-refractivity contribution in [2.75, 3.05) is 14.2 Å². The number of halogens is 1. The molecule has 0 amide bonds. The van der Waals surface area contributed by atoms with Crippen LogP contribution in [0.15, 0.2) is 66.7 Å². The van der Waals surface area contributed by atoms with Crippen LogP contribution in [0.5, 0.6) is 5.75 Å². The number of Topliss-reactive ketones (excluding diaryl/α,β-unsaturated/α-hetero) is 1. The summed E-state index contributed by atoms with van der Waals surface area (Å²) in [5, 5.41) is 0.659. The number of thioether (sulfide) groups is 1. The number of carbonyl (C=O) groups is 2. The van der Waals surface area contributed by atoms with Crippen LogP contribution in [0.2, 0.25) is 5.02 Å². The number of benzene rings is 3. The summed E-state index contributed by atoms with van der Waals surface area (Å²) in [5.41, 5.74) is 4.64. The summed E-state index contributed by atoms with van der Waals surface area (Å²) in [4.78, 5) is 27.7. The third-order valence-corrected chi connectivity index (χ3v) is 9.14. The molecular formula is C31H33ClO4S. The fourth-order valence-corrected chi connectivity index (χ4v) is 6.66. The van der Waals surface area contributed by atoms with Gasteiger partial charge in [-0.25, -0.2) is 0 Å². The topological polar surface area (TPSA) is 52.6 Å². The number of hydrogen-bond acceptors (Lipinski definition) is 5. The fraction of sp³-hybridized carbons (Fsp3) is 0.355. The molecule has 1 aliphatic rings. The Hall–Kier alpha value is -2.76. The molecule has 194 valence electrons. The van der Waals surface area contributed by atoms with Gasteiger partial charge < -0.3 is 9.47 Å². The molecule has 3 aromatic carbocycles. The standard InChI is InChI=1S/C31H33ClO4S/c1-21-7-10-24(23-11-13-25(32)14-12-23)19-27(21)28(30(34)36-3)29(33)31(17-5-4-6-18-31)37-20-22-8-15-26(35-2)16-9-22/h7-16,19,28H,4-6,17-18,20H2,1-3H3. The van der Waals surface area contributed by atoms with Crippen molar-refractivity contribution in [3.63, 3.8) is 0 Å². The Kier molecular flexibility index (Phi) is 8.99. The van der Waals surface area contributed by atoms with E-state index in [1.807, 2.05) is 73.7 Å². The van der Waals surface area contributed by atoms with E-state index in [4.69, 9.17) is 21.1 Å².